The molecular weight excluding hydrogens is 252 g/mol. The van der Waals surface area contributed by atoms with Crippen molar-refractivity contribution in [2.45, 2.75) is 32.0 Å². The van der Waals surface area contributed by atoms with Crippen LogP contribution in [0.5, 0.6) is 5.75 Å². The molecule has 2 unspecified atom stereocenters. The predicted octanol–water partition coefficient (Wildman–Crippen LogP) is 2.50. The third kappa shape index (κ3) is 4.44. The molecule has 2 rings (SSSR count). The molecule has 0 radical (unpaired) electrons. The Labute approximate surface area is 111 Å². The molecule has 19 heavy (non-hydrogen) atoms. The van der Waals surface area contributed by atoms with E-state index < -0.39 is 11.6 Å². The quantitative estimate of drug-likeness (QED) is 0.862. The summed E-state index contributed by atoms with van der Waals surface area (Å²) in [5.74, 6) is -1.06. The summed E-state index contributed by atoms with van der Waals surface area (Å²) >= 11 is 0. The van der Waals surface area contributed by atoms with Crippen LogP contribution in [0.1, 0.15) is 19.8 Å². The highest BCUT2D eigenvalue weighted by atomic mass is 19.1. The van der Waals surface area contributed by atoms with Crippen LogP contribution in [-0.2, 0) is 4.74 Å². The normalized spacial score (nSPS) is 22.7. The van der Waals surface area contributed by atoms with Crippen molar-refractivity contribution in [3.8, 4) is 5.75 Å². The van der Waals surface area contributed by atoms with E-state index in [1.807, 2.05) is 6.92 Å². The number of hydrogen-bond donors (Lipinski definition) is 1. The van der Waals surface area contributed by atoms with Gasteiger partial charge in [0.25, 0.3) is 0 Å². The summed E-state index contributed by atoms with van der Waals surface area (Å²) in [6.07, 6.45) is 2.10. The topological polar surface area (TPSA) is 30.5 Å². The van der Waals surface area contributed by atoms with Crippen molar-refractivity contribution in [3.63, 3.8) is 0 Å². The van der Waals surface area contributed by atoms with Crippen LogP contribution < -0.4 is 10.1 Å². The molecule has 0 spiro atoms. The van der Waals surface area contributed by atoms with Crippen LogP contribution in [0.3, 0.4) is 0 Å². The highest BCUT2D eigenvalue weighted by Gasteiger charge is 2.25. The Morgan fingerprint density at radius 3 is 2.58 bits per heavy atom. The first-order chi connectivity index (χ1) is 9.17. The van der Waals surface area contributed by atoms with Gasteiger partial charge in [0.2, 0.25) is 0 Å². The second kappa shape index (κ2) is 6.82. The molecule has 2 atom stereocenters. The Balaban J connectivity index is 1.77. The van der Waals surface area contributed by atoms with Gasteiger partial charge in [0.05, 0.1) is 12.2 Å². The van der Waals surface area contributed by atoms with Crippen LogP contribution >= 0.6 is 0 Å². The van der Waals surface area contributed by atoms with Crippen molar-refractivity contribution in [1.82, 2.24) is 5.32 Å². The summed E-state index contributed by atoms with van der Waals surface area (Å²) in [5.41, 5.74) is 0. The average Bonchev–Trinajstić information content (AvgIpc) is 2.81. The van der Waals surface area contributed by atoms with Crippen LogP contribution in [0.25, 0.3) is 0 Å². The Bertz CT molecular complexity index is 394. The van der Waals surface area contributed by atoms with Gasteiger partial charge in [0.15, 0.2) is 0 Å². The molecule has 0 bridgehead atoms. The van der Waals surface area contributed by atoms with E-state index in [0.717, 1.165) is 32.0 Å². The Hall–Kier alpha value is -1.20. The number of ether oxygens (including phenoxy) is 2. The van der Waals surface area contributed by atoms with Crippen LogP contribution in [-0.4, -0.2) is 31.9 Å². The molecule has 1 aromatic rings. The van der Waals surface area contributed by atoms with Crippen molar-refractivity contribution in [2.24, 2.45) is 0 Å². The van der Waals surface area contributed by atoms with Gasteiger partial charge in [0.1, 0.15) is 24.0 Å². The van der Waals surface area contributed by atoms with Crippen LogP contribution in [0.2, 0.25) is 0 Å². The van der Waals surface area contributed by atoms with E-state index in [1.54, 1.807) is 0 Å². The van der Waals surface area contributed by atoms with Gasteiger partial charge in [-0.15, -0.1) is 0 Å². The molecular formula is C14H19F2NO2. The van der Waals surface area contributed by atoms with E-state index in [1.165, 1.54) is 12.1 Å². The lowest BCUT2D eigenvalue weighted by molar-refractivity contribution is 0.0187. The van der Waals surface area contributed by atoms with Gasteiger partial charge in [-0.25, -0.2) is 8.78 Å². The van der Waals surface area contributed by atoms with Gasteiger partial charge < -0.3 is 14.8 Å². The molecule has 1 heterocycles. The number of likely N-dealkylation sites (N-methyl/N-ethyl adjacent to an activating group) is 1. The van der Waals surface area contributed by atoms with Gasteiger partial charge >= 0.3 is 0 Å². The zero-order valence-corrected chi connectivity index (χ0v) is 11.0. The van der Waals surface area contributed by atoms with Gasteiger partial charge in [-0.05, 0) is 19.4 Å². The van der Waals surface area contributed by atoms with Gasteiger partial charge in [-0.3, -0.25) is 0 Å². The molecule has 1 saturated heterocycles. The van der Waals surface area contributed by atoms with Crippen molar-refractivity contribution >= 4 is 0 Å². The van der Waals surface area contributed by atoms with E-state index >= 15 is 0 Å². The fourth-order valence-electron chi connectivity index (χ4n) is 2.16. The first-order valence-electron chi connectivity index (χ1n) is 6.62. The Kier molecular flexibility index (Phi) is 5.10. The number of halogens is 2. The Morgan fingerprint density at radius 1 is 1.21 bits per heavy atom. The molecule has 1 N–H and O–H groups in total. The summed E-state index contributed by atoms with van der Waals surface area (Å²) in [6.45, 7) is 4.13. The van der Waals surface area contributed by atoms with Gasteiger partial charge in [-0.2, -0.15) is 0 Å². The SMILES string of the molecule is CCNCC1CCC(COc2cc(F)cc(F)c2)O1. The van der Waals surface area contributed by atoms with Crippen molar-refractivity contribution in [1.29, 1.82) is 0 Å². The highest BCUT2D eigenvalue weighted by molar-refractivity contribution is 5.23. The predicted molar refractivity (Wildman–Crippen MR) is 68.3 cm³/mol. The number of benzene rings is 1. The molecule has 3 nitrogen and oxygen atoms in total. The smallest absolute Gasteiger partial charge is 0.129 e. The lowest BCUT2D eigenvalue weighted by Crippen LogP contribution is -2.28. The molecule has 1 aromatic carbocycles. The number of rotatable bonds is 6. The van der Waals surface area contributed by atoms with Gasteiger partial charge in [-0.1, -0.05) is 6.92 Å². The minimum absolute atomic E-state index is 0.00464. The van der Waals surface area contributed by atoms with Crippen LogP contribution in [0, 0.1) is 11.6 Å². The molecule has 1 fully saturated rings. The third-order valence-corrected chi connectivity index (χ3v) is 3.09. The van der Waals surface area contributed by atoms with Crippen molar-refractivity contribution in [2.75, 3.05) is 19.7 Å². The third-order valence-electron chi connectivity index (χ3n) is 3.09. The summed E-state index contributed by atoms with van der Waals surface area (Å²) in [7, 11) is 0. The fourth-order valence-corrected chi connectivity index (χ4v) is 2.16. The lowest BCUT2D eigenvalue weighted by atomic mass is 10.2. The molecule has 106 valence electrons. The summed E-state index contributed by atoms with van der Waals surface area (Å²) < 4.78 is 37.1. The minimum Gasteiger partial charge on any atom is -0.491 e. The maximum absolute atomic E-state index is 13.0. The van der Waals surface area contributed by atoms with Crippen LogP contribution in [0.15, 0.2) is 18.2 Å². The largest absolute Gasteiger partial charge is 0.491 e. The summed E-state index contributed by atoms with van der Waals surface area (Å²) in [6, 6.07) is 3.17. The standard InChI is InChI=1S/C14H19F2NO2/c1-2-17-8-12-3-4-13(19-12)9-18-14-6-10(15)5-11(16)7-14/h5-7,12-13,17H,2-4,8-9H2,1H3. The summed E-state index contributed by atoms with van der Waals surface area (Å²) in [4.78, 5) is 0. The first-order valence-corrected chi connectivity index (χ1v) is 6.62. The van der Waals surface area contributed by atoms with Crippen molar-refractivity contribution in [3.05, 3.63) is 29.8 Å². The molecule has 5 heteroatoms. The zero-order valence-electron chi connectivity index (χ0n) is 11.0. The maximum Gasteiger partial charge on any atom is 0.129 e. The molecule has 0 aliphatic carbocycles. The molecule has 0 saturated carbocycles. The van der Waals surface area contributed by atoms with E-state index in [0.29, 0.717) is 6.61 Å². The second-order valence-electron chi connectivity index (χ2n) is 4.68. The van der Waals surface area contributed by atoms with Crippen LogP contribution in [0.4, 0.5) is 8.78 Å². The van der Waals surface area contributed by atoms with E-state index in [4.69, 9.17) is 9.47 Å². The summed E-state index contributed by atoms with van der Waals surface area (Å²) in [5, 5.41) is 3.23. The number of hydrogen-bond acceptors (Lipinski definition) is 3. The molecule has 1 aliphatic rings. The minimum atomic E-state index is -0.632. The zero-order chi connectivity index (χ0) is 13.7. The van der Waals surface area contributed by atoms with Crippen molar-refractivity contribution < 1.29 is 18.3 Å². The molecule has 0 aromatic heterocycles. The maximum atomic E-state index is 13.0. The molecule has 1 aliphatic heterocycles. The Morgan fingerprint density at radius 2 is 1.89 bits per heavy atom. The average molecular weight is 271 g/mol. The highest BCUT2D eigenvalue weighted by Crippen LogP contribution is 2.21. The first kappa shape index (κ1) is 14.2. The lowest BCUT2D eigenvalue weighted by Gasteiger charge is -2.15. The van der Waals surface area contributed by atoms with Gasteiger partial charge in [0, 0.05) is 24.7 Å². The monoisotopic (exact) mass is 271 g/mol. The molecule has 0 amide bonds. The van der Waals surface area contributed by atoms with E-state index in [9.17, 15) is 8.78 Å². The fraction of sp³-hybridized carbons (Fsp3) is 0.571. The van der Waals surface area contributed by atoms with E-state index in [-0.39, 0.29) is 18.0 Å². The second-order valence-corrected chi connectivity index (χ2v) is 4.68. The number of nitrogens with one attached hydrogen (secondary N) is 1. The van der Waals surface area contributed by atoms with E-state index in [2.05, 4.69) is 5.32 Å².